The van der Waals surface area contributed by atoms with E-state index in [1.54, 1.807) is 24.7 Å². The van der Waals surface area contributed by atoms with Crippen molar-refractivity contribution in [3.8, 4) is 0 Å². The van der Waals surface area contributed by atoms with Gasteiger partial charge in [0.05, 0.1) is 16.4 Å². The van der Waals surface area contributed by atoms with Crippen molar-refractivity contribution < 1.29 is 17.2 Å². The van der Waals surface area contributed by atoms with Crippen LogP contribution in [0.4, 0.5) is 21.8 Å². The third-order valence-electron chi connectivity index (χ3n) is 5.58. The zero-order valence-corrected chi connectivity index (χ0v) is 20.5. The smallest absolute Gasteiger partial charge is 0.335 e. The van der Waals surface area contributed by atoms with Gasteiger partial charge in [0, 0.05) is 31.0 Å². The first kappa shape index (κ1) is 23.9. The largest absolute Gasteiger partial charge is 0.458 e. The van der Waals surface area contributed by atoms with Crippen LogP contribution in [0, 0.1) is 12.7 Å². The second-order valence-electron chi connectivity index (χ2n) is 7.73. The number of anilines is 3. The second kappa shape index (κ2) is 10.8. The molecule has 0 radical (unpaired) electrons. The van der Waals surface area contributed by atoms with Gasteiger partial charge in [-0.1, -0.05) is 6.07 Å². The van der Waals surface area contributed by atoms with E-state index in [0.29, 0.717) is 23.0 Å². The van der Waals surface area contributed by atoms with E-state index in [1.807, 2.05) is 13.0 Å². The second-order valence-corrected chi connectivity index (χ2v) is 8.78. The van der Waals surface area contributed by atoms with Crippen molar-refractivity contribution in [2.24, 2.45) is 0 Å². The molecule has 5 rings (SSSR count). The number of aromatic nitrogens is 4. The van der Waals surface area contributed by atoms with Gasteiger partial charge in [-0.25, -0.2) is 24.3 Å². The van der Waals surface area contributed by atoms with Gasteiger partial charge in [0.2, 0.25) is 5.95 Å². The molecule has 0 amide bonds. The van der Waals surface area contributed by atoms with Crippen LogP contribution in [0.1, 0.15) is 29.9 Å². The molecule has 0 bridgehead atoms. The summed E-state index contributed by atoms with van der Waals surface area (Å²) in [7, 11) is 0. The number of hydrogen-bond acceptors (Lipinski definition) is 9. The number of hydrogen-bond donors (Lipinski definition) is 1. The third kappa shape index (κ3) is 5.28. The van der Waals surface area contributed by atoms with Gasteiger partial charge < -0.3 is 14.6 Å². The zero-order valence-electron chi connectivity index (χ0n) is 18.1. The molecule has 0 unspecified atom stereocenters. The summed E-state index contributed by atoms with van der Waals surface area (Å²) in [6.45, 7) is 3.55. The van der Waals surface area contributed by atoms with Crippen LogP contribution >= 0.6 is 15.9 Å². The van der Waals surface area contributed by atoms with Crippen molar-refractivity contribution in [2.75, 3.05) is 23.3 Å². The van der Waals surface area contributed by atoms with Crippen LogP contribution in [-0.2, 0) is 11.6 Å². The molecule has 34 heavy (non-hydrogen) atoms. The molecule has 1 aliphatic heterocycles. The Bertz CT molecular complexity index is 1320. The van der Waals surface area contributed by atoms with E-state index in [9.17, 15) is 4.39 Å². The Hall–Kier alpha value is -3.25. The van der Waals surface area contributed by atoms with Crippen LogP contribution in [0.25, 0.3) is 11.1 Å². The fraction of sp³-hybridized carbons (Fsp3) is 0.273. The minimum absolute atomic E-state index is 0.312. The van der Waals surface area contributed by atoms with E-state index in [1.165, 1.54) is 12.4 Å². The lowest BCUT2D eigenvalue weighted by Crippen LogP contribution is -2.34. The lowest BCUT2D eigenvalue weighted by Gasteiger charge is -2.31. The molecule has 9 nitrogen and oxygen atoms in total. The lowest BCUT2D eigenvalue weighted by atomic mass is 9.90. The average Bonchev–Trinajstić information content (AvgIpc) is 3.27. The van der Waals surface area contributed by atoms with Gasteiger partial charge in [-0.2, -0.15) is 8.42 Å². The molecule has 0 spiro atoms. The molecule has 176 valence electrons. The van der Waals surface area contributed by atoms with Crippen molar-refractivity contribution in [3.05, 3.63) is 64.6 Å². The first-order valence-electron chi connectivity index (χ1n) is 10.4. The quantitative estimate of drug-likeness (QED) is 0.389. The van der Waals surface area contributed by atoms with Gasteiger partial charge in [0.15, 0.2) is 11.4 Å². The molecule has 1 N–H and O–H groups in total. The van der Waals surface area contributed by atoms with Crippen molar-refractivity contribution in [1.82, 2.24) is 19.9 Å². The molecule has 3 aromatic heterocycles. The van der Waals surface area contributed by atoms with E-state index in [2.05, 4.69) is 46.1 Å². The molecule has 1 aromatic carbocycles. The van der Waals surface area contributed by atoms with Crippen molar-refractivity contribution >= 4 is 56.1 Å². The number of halogens is 2. The standard InChI is InChI=1S/C22H20BrFN6O.O2S/c1-13-2-3-18(17(24)8-13)29-21-20-19(27-12-28-21)16(11-31-20)14-4-6-30(7-5-14)22-25-9-15(23)10-26-22;1-3-2/h2-3,8-12,14H,4-7H2,1H3,(H,27,28,29);. The maximum atomic E-state index is 14.3. The van der Waals surface area contributed by atoms with Crippen LogP contribution in [0.5, 0.6) is 0 Å². The lowest BCUT2D eigenvalue weighted by molar-refractivity contribution is 0.493. The average molecular weight is 547 g/mol. The summed E-state index contributed by atoms with van der Waals surface area (Å²) >= 11 is 2.62. The summed E-state index contributed by atoms with van der Waals surface area (Å²) in [4.78, 5) is 19.7. The van der Waals surface area contributed by atoms with E-state index in [-0.39, 0.29) is 5.82 Å². The highest BCUT2D eigenvalue weighted by Gasteiger charge is 2.26. The molecule has 1 aliphatic rings. The Balaban J connectivity index is 0.000000868. The molecule has 0 aliphatic carbocycles. The normalized spacial score (nSPS) is 13.9. The minimum atomic E-state index is -0.750. The van der Waals surface area contributed by atoms with Crippen molar-refractivity contribution in [2.45, 2.75) is 25.7 Å². The Morgan fingerprint density at radius 1 is 1.15 bits per heavy atom. The van der Waals surface area contributed by atoms with Crippen LogP contribution in [0.2, 0.25) is 0 Å². The summed E-state index contributed by atoms with van der Waals surface area (Å²) in [5.74, 6) is 1.18. The minimum Gasteiger partial charge on any atom is -0.458 e. The number of benzene rings is 1. The third-order valence-corrected chi connectivity index (χ3v) is 5.99. The number of furan rings is 1. The van der Waals surface area contributed by atoms with Crippen molar-refractivity contribution in [1.29, 1.82) is 0 Å². The van der Waals surface area contributed by atoms with Gasteiger partial charge >= 0.3 is 11.6 Å². The van der Waals surface area contributed by atoms with Gasteiger partial charge in [0.25, 0.3) is 0 Å². The zero-order chi connectivity index (χ0) is 24.1. The molecular weight excluding hydrogens is 527 g/mol. The Morgan fingerprint density at radius 3 is 2.53 bits per heavy atom. The number of nitrogens with zero attached hydrogens (tertiary/aromatic N) is 5. The Labute approximate surface area is 206 Å². The number of nitrogens with one attached hydrogen (secondary N) is 1. The van der Waals surface area contributed by atoms with Gasteiger partial charge in [-0.05, 0) is 59.3 Å². The SMILES string of the molecule is Cc1ccc(Nc2ncnc3c(C4CCN(c5ncc(Br)cn5)CC4)coc23)c(F)c1.O=S=O. The van der Waals surface area contributed by atoms with E-state index in [0.717, 1.165) is 53.0 Å². The molecule has 1 saturated heterocycles. The fourth-order valence-corrected chi connectivity index (χ4v) is 4.16. The topological polar surface area (TPSA) is 114 Å². The molecule has 1 fully saturated rings. The Kier molecular flexibility index (Phi) is 7.58. The van der Waals surface area contributed by atoms with E-state index >= 15 is 0 Å². The fourth-order valence-electron chi connectivity index (χ4n) is 3.96. The van der Waals surface area contributed by atoms with Crippen LogP contribution < -0.4 is 10.2 Å². The van der Waals surface area contributed by atoms with Crippen molar-refractivity contribution in [3.63, 3.8) is 0 Å². The van der Waals surface area contributed by atoms with Gasteiger partial charge in [-0.15, -0.1) is 0 Å². The molecule has 0 saturated carbocycles. The molecule has 4 aromatic rings. The van der Waals surface area contributed by atoms with Gasteiger partial charge in [0.1, 0.15) is 17.7 Å². The summed E-state index contributed by atoms with van der Waals surface area (Å²) in [6.07, 6.45) is 8.65. The first-order chi connectivity index (χ1) is 16.5. The summed E-state index contributed by atoms with van der Waals surface area (Å²) < 4.78 is 37.6. The van der Waals surface area contributed by atoms with Crippen LogP contribution in [0.15, 0.2) is 52.1 Å². The predicted molar refractivity (Wildman–Crippen MR) is 129 cm³/mol. The van der Waals surface area contributed by atoms with Crippen LogP contribution in [0.3, 0.4) is 0 Å². The summed E-state index contributed by atoms with van der Waals surface area (Å²) in [5.41, 5.74) is 3.57. The summed E-state index contributed by atoms with van der Waals surface area (Å²) in [5, 5.41) is 3.04. The summed E-state index contributed by atoms with van der Waals surface area (Å²) in [6, 6.07) is 5.03. The maximum Gasteiger partial charge on any atom is 0.335 e. The molecular formula is C22H20BrFN6O3S. The number of fused-ring (bicyclic) bond motifs is 1. The van der Waals surface area contributed by atoms with Crippen LogP contribution in [-0.4, -0.2) is 41.4 Å². The predicted octanol–water partition coefficient (Wildman–Crippen LogP) is 4.68. The Morgan fingerprint density at radius 2 is 1.85 bits per heavy atom. The first-order valence-corrected chi connectivity index (χ1v) is 11.9. The molecule has 0 atom stereocenters. The highest BCUT2D eigenvalue weighted by atomic mass is 79.9. The van der Waals surface area contributed by atoms with E-state index in [4.69, 9.17) is 12.8 Å². The number of piperidine rings is 1. The number of aryl methyl sites for hydroxylation is 1. The molecule has 12 heteroatoms. The highest BCUT2D eigenvalue weighted by molar-refractivity contribution is 9.10. The highest BCUT2D eigenvalue weighted by Crippen LogP contribution is 2.36. The van der Waals surface area contributed by atoms with Gasteiger partial charge in [-0.3, -0.25) is 0 Å². The monoisotopic (exact) mass is 546 g/mol. The maximum absolute atomic E-state index is 14.3. The number of rotatable bonds is 4. The molecule has 4 heterocycles. The van der Waals surface area contributed by atoms with E-state index < -0.39 is 11.6 Å².